The van der Waals surface area contributed by atoms with Crippen LogP contribution in [-0.4, -0.2) is 36.3 Å². The van der Waals surface area contributed by atoms with Crippen LogP contribution in [0.2, 0.25) is 0 Å². The lowest BCUT2D eigenvalue weighted by Crippen LogP contribution is -2.46. The molecule has 0 heterocycles. The lowest BCUT2D eigenvalue weighted by Gasteiger charge is -2.38. The average Bonchev–Trinajstić information content (AvgIpc) is 2.66. The van der Waals surface area contributed by atoms with Gasteiger partial charge in [0.15, 0.2) is 12.3 Å². The lowest BCUT2D eigenvalue weighted by molar-refractivity contribution is -0.106. The fraction of sp³-hybridized carbons (Fsp3) is 0.905. The van der Waals surface area contributed by atoms with Gasteiger partial charge in [0.25, 0.3) is 0 Å². The number of halogens is 2. The first-order chi connectivity index (χ1) is 12.1. The fourth-order valence-electron chi connectivity index (χ4n) is 5.18. The van der Waals surface area contributed by atoms with Crippen LogP contribution in [0.15, 0.2) is 12.7 Å². The Morgan fingerprint density at radius 1 is 0.840 bits per heavy atom. The molecule has 0 saturated heterocycles. The van der Waals surface area contributed by atoms with Gasteiger partial charge in [0.05, 0.1) is 12.2 Å². The highest BCUT2D eigenvalue weighted by Crippen LogP contribution is 2.41. The zero-order valence-electron chi connectivity index (χ0n) is 15.3. The van der Waals surface area contributed by atoms with Crippen molar-refractivity contribution in [3.8, 4) is 0 Å². The Bertz CT molecular complexity index is 414. The maximum atomic E-state index is 13.9. The maximum absolute atomic E-state index is 13.9. The number of hydrogen-bond acceptors (Lipinski definition) is 2. The maximum Gasteiger partial charge on any atom is 0.160 e. The molecule has 4 heteroatoms. The molecule has 3 fully saturated rings. The number of aliphatic hydroxyl groups excluding tert-OH is 1. The van der Waals surface area contributed by atoms with Gasteiger partial charge >= 0.3 is 0 Å². The van der Waals surface area contributed by atoms with Gasteiger partial charge in [0.1, 0.15) is 0 Å². The molecule has 0 aromatic rings. The molecule has 4 unspecified atom stereocenters. The highest BCUT2D eigenvalue weighted by molar-refractivity contribution is 4.90. The van der Waals surface area contributed by atoms with Crippen LogP contribution < -0.4 is 0 Å². The predicted octanol–water partition coefficient (Wildman–Crippen LogP) is 5.00. The quantitative estimate of drug-likeness (QED) is 0.702. The van der Waals surface area contributed by atoms with E-state index in [0.29, 0.717) is 25.4 Å². The third-order valence-corrected chi connectivity index (χ3v) is 7.03. The van der Waals surface area contributed by atoms with Crippen LogP contribution in [0.5, 0.6) is 0 Å². The molecule has 0 aromatic heterocycles. The molecule has 0 bridgehead atoms. The Balaban J connectivity index is 1.36. The molecule has 0 amide bonds. The van der Waals surface area contributed by atoms with Crippen LogP contribution in [-0.2, 0) is 4.74 Å². The van der Waals surface area contributed by atoms with Gasteiger partial charge in [0.2, 0.25) is 0 Å². The van der Waals surface area contributed by atoms with E-state index in [-0.39, 0.29) is 0 Å². The Morgan fingerprint density at radius 3 is 2.04 bits per heavy atom. The summed E-state index contributed by atoms with van der Waals surface area (Å²) in [7, 11) is 0. The monoisotopic (exact) mass is 356 g/mol. The van der Waals surface area contributed by atoms with Gasteiger partial charge in [0, 0.05) is 6.61 Å². The minimum absolute atomic E-state index is 0.298. The second kappa shape index (κ2) is 8.94. The van der Waals surface area contributed by atoms with Gasteiger partial charge in [-0.3, -0.25) is 0 Å². The number of alkyl halides is 2. The number of hydrogen-bond donors (Lipinski definition) is 1. The summed E-state index contributed by atoms with van der Waals surface area (Å²) in [6, 6.07) is 0. The van der Waals surface area contributed by atoms with E-state index < -0.39 is 24.6 Å². The minimum Gasteiger partial charge on any atom is -0.390 e. The first-order valence-electron chi connectivity index (χ1n) is 10.3. The van der Waals surface area contributed by atoms with Crippen molar-refractivity contribution < 1.29 is 18.6 Å². The number of rotatable bonds is 5. The van der Waals surface area contributed by atoms with Gasteiger partial charge in [-0.15, -0.1) is 6.58 Å². The van der Waals surface area contributed by atoms with Crippen LogP contribution in [0.4, 0.5) is 8.78 Å². The van der Waals surface area contributed by atoms with Crippen LogP contribution >= 0.6 is 0 Å². The molecule has 0 radical (unpaired) electrons. The summed E-state index contributed by atoms with van der Waals surface area (Å²) in [6.45, 7) is 4.47. The first kappa shape index (κ1) is 19.3. The van der Waals surface area contributed by atoms with Crippen molar-refractivity contribution in [2.24, 2.45) is 23.7 Å². The lowest BCUT2D eigenvalue weighted by atomic mass is 9.69. The molecule has 0 aliphatic heterocycles. The van der Waals surface area contributed by atoms with Crippen molar-refractivity contribution in [1.29, 1.82) is 0 Å². The van der Waals surface area contributed by atoms with Gasteiger partial charge in [-0.05, 0) is 87.9 Å². The zero-order valence-corrected chi connectivity index (χ0v) is 15.3. The molecule has 144 valence electrons. The molecule has 1 N–H and O–H groups in total. The molecule has 3 aliphatic rings. The SMILES string of the molecule is C=CC1CCC(C2CCC(COC3CCC(O)C(F)C3F)CC2)CC1. The summed E-state index contributed by atoms with van der Waals surface area (Å²) in [5, 5.41) is 9.39. The van der Waals surface area contributed by atoms with Crippen LogP contribution in [0.3, 0.4) is 0 Å². The first-order valence-corrected chi connectivity index (χ1v) is 10.3. The largest absolute Gasteiger partial charge is 0.390 e. The minimum atomic E-state index is -1.79. The van der Waals surface area contributed by atoms with E-state index >= 15 is 0 Å². The van der Waals surface area contributed by atoms with Crippen molar-refractivity contribution in [1.82, 2.24) is 0 Å². The number of aliphatic hydroxyl groups is 1. The highest BCUT2D eigenvalue weighted by atomic mass is 19.2. The predicted molar refractivity (Wildman–Crippen MR) is 95.9 cm³/mol. The van der Waals surface area contributed by atoms with Crippen LogP contribution in [0.25, 0.3) is 0 Å². The Morgan fingerprint density at radius 2 is 1.44 bits per heavy atom. The molecule has 3 rings (SSSR count). The summed E-state index contributed by atoms with van der Waals surface area (Å²) in [6.07, 6.45) is 7.62. The van der Waals surface area contributed by atoms with E-state index in [1.165, 1.54) is 38.5 Å². The molecular formula is C21H34F2O2. The third-order valence-electron chi connectivity index (χ3n) is 7.03. The summed E-state index contributed by atoms with van der Waals surface area (Å²) in [4.78, 5) is 0. The topological polar surface area (TPSA) is 29.5 Å². The number of ether oxygens (including phenoxy) is 1. The highest BCUT2D eigenvalue weighted by Gasteiger charge is 2.40. The molecule has 25 heavy (non-hydrogen) atoms. The van der Waals surface area contributed by atoms with E-state index in [4.69, 9.17) is 4.74 Å². The van der Waals surface area contributed by atoms with E-state index in [0.717, 1.165) is 30.6 Å². The molecular weight excluding hydrogens is 322 g/mol. The van der Waals surface area contributed by atoms with Gasteiger partial charge < -0.3 is 9.84 Å². The van der Waals surface area contributed by atoms with Crippen LogP contribution in [0.1, 0.15) is 64.2 Å². The van der Waals surface area contributed by atoms with Crippen molar-refractivity contribution in [3.05, 3.63) is 12.7 Å². The zero-order chi connectivity index (χ0) is 17.8. The van der Waals surface area contributed by atoms with Gasteiger partial charge in [-0.1, -0.05) is 6.08 Å². The van der Waals surface area contributed by atoms with E-state index in [1.807, 2.05) is 0 Å². The number of allylic oxidation sites excluding steroid dienone is 1. The van der Waals surface area contributed by atoms with Gasteiger partial charge in [-0.2, -0.15) is 0 Å². The van der Waals surface area contributed by atoms with Crippen molar-refractivity contribution >= 4 is 0 Å². The molecule has 3 aliphatic carbocycles. The second-order valence-corrected chi connectivity index (χ2v) is 8.60. The van der Waals surface area contributed by atoms with Crippen LogP contribution in [0, 0.1) is 23.7 Å². The molecule has 3 saturated carbocycles. The molecule has 2 nitrogen and oxygen atoms in total. The second-order valence-electron chi connectivity index (χ2n) is 8.60. The summed E-state index contributed by atoms with van der Waals surface area (Å²) < 4.78 is 33.3. The normalized spacial score (nSPS) is 45.9. The molecule has 0 spiro atoms. The van der Waals surface area contributed by atoms with Gasteiger partial charge in [-0.25, -0.2) is 8.78 Å². The van der Waals surface area contributed by atoms with E-state index in [9.17, 15) is 13.9 Å². The Hall–Kier alpha value is -0.480. The fourth-order valence-corrected chi connectivity index (χ4v) is 5.18. The standard InChI is InChI=1S/C21H34F2O2/c1-2-14-3-7-16(8-4-14)17-9-5-15(6-10-17)13-25-19-12-11-18(24)20(22)21(19)23/h2,14-21,24H,1,3-13H2. The average molecular weight is 356 g/mol. The van der Waals surface area contributed by atoms with Crippen molar-refractivity contribution in [2.75, 3.05) is 6.61 Å². The summed E-state index contributed by atoms with van der Waals surface area (Å²) in [5.41, 5.74) is 0. The van der Waals surface area contributed by atoms with Crippen molar-refractivity contribution in [3.63, 3.8) is 0 Å². The summed E-state index contributed by atoms with van der Waals surface area (Å²) in [5.74, 6) is 2.93. The molecule has 4 atom stereocenters. The Labute approximate surface area is 151 Å². The van der Waals surface area contributed by atoms with E-state index in [1.54, 1.807) is 0 Å². The Kier molecular flexibility index (Phi) is 6.90. The summed E-state index contributed by atoms with van der Waals surface area (Å²) >= 11 is 0. The van der Waals surface area contributed by atoms with E-state index in [2.05, 4.69) is 12.7 Å². The van der Waals surface area contributed by atoms with Crippen molar-refractivity contribution in [2.45, 2.75) is 88.8 Å². The molecule has 0 aromatic carbocycles. The smallest absolute Gasteiger partial charge is 0.160 e. The third kappa shape index (κ3) is 4.82.